The SMILES string of the molecule is CN1CCC2(CC1)CNC(=O)c1cc(-c3ccnc(-c4cc5ccccc5o4)n3)[nH]c12. The largest absolute Gasteiger partial charge is 0.453 e. The standard InChI is InChI=1S/C24H23N5O2/c1-29-10-7-24(8-11-29)14-26-23(30)16-13-18(27-21(16)24)17-6-9-25-22(28-17)20-12-15-4-2-3-5-19(15)31-20/h2-6,9,12-13,27H,7-8,10-11,14H2,1H3,(H,26,30). The predicted molar refractivity (Wildman–Crippen MR) is 118 cm³/mol. The van der Waals surface area contributed by atoms with Gasteiger partial charge in [0.05, 0.1) is 17.0 Å². The van der Waals surface area contributed by atoms with E-state index in [1.54, 1.807) is 6.20 Å². The van der Waals surface area contributed by atoms with Crippen LogP contribution in [0.15, 0.2) is 53.1 Å². The van der Waals surface area contributed by atoms with Crippen LogP contribution in [0.3, 0.4) is 0 Å². The number of nitrogens with zero attached hydrogens (tertiary/aromatic N) is 3. The van der Waals surface area contributed by atoms with Gasteiger partial charge in [-0.25, -0.2) is 9.97 Å². The average Bonchev–Trinajstić information content (AvgIpc) is 3.44. The molecule has 0 atom stereocenters. The lowest BCUT2D eigenvalue weighted by atomic mass is 9.72. The fraction of sp³-hybridized carbons (Fsp3) is 0.292. The van der Waals surface area contributed by atoms with Gasteiger partial charge in [-0.15, -0.1) is 0 Å². The lowest BCUT2D eigenvalue weighted by Gasteiger charge is -2.42. The number of amides is 1. The first-order valence-corrected chi connectivity index (χ1v) is 10.6. The molecule has 0 radical (unpaired) electrons. The molecule has 2 aliphatic rings. The molecule has 0 saturated carbocycles. The van der Waals surface area contributed by atoms with Crippen LogP contribution in [0.2, 0.25) is 0 Å². The second kappa shape index (κ2) is 6.78. The maximum atomic E-state index is 12.6. The number of rotatable bonds is 2. The molecule has 4 aromatic rings. The second-order valence-electron chi connectivity index (χ2n) is 8.65. The molecule has 2 aliphatic heterocycles. The van der Waals surface area contributed by atoms with E-state index < -0.39 is 0 Å². The van der Waals surface area contributed by atoms with Crippen LogP contribution in [0.25, 0.3) is 33.9 Å². The van der Waals surface area contributed by atoms with E-state index in [4.69, 9.17) is 9.40 Å². The van der Waals surface area contributed by atoms with Gasteiger partial charge in [-0.2, -0.15) is 0 Å². The van der Waals surface area contributed by atoms with Gasteiger partial charge in [-0.05, 0) is 57.2 Å². The van der Waals surface area contributed by atoms with Crippen molar-refractivity contribution in [3.8, 4) is 23.0 Å². The van der Waals surface area contributed by atoms with Gasteiger partial charge in [-0.1, -0.05) is 18.2 Å². The van der Waals surface area contributed by atoms with Crippen molar-refractivity contribution in [2.75, 3.05) is 26.7 Å². The first-order valence-electron chi connectivity index (χ1n) is 10.6. The van der Waals surface area contributed by atoms with Crippen LogP contribution in [0, 0.1) is 0 Å². The topological polar surface area (TPSA) is 87.1 Å². The monoisotopic (exact) mass is 413 g/mol. The molecule has 31 heavy (non-hydrogen) atoms. The third-order valence-corrected chi connectivity index (χ3v) is 6.70. The van der Waals surface area contributed by atoms with Gasteiger partial charge in [0.15, 0.2) is 11.6 Å². The molecule has 7 nitrogen and oxygen atoms in total. The Labute approximate surface area is 179 Å². The van der Waals surface area contributed by atoms with E-state index in [1.165, 1.54) is 0 Å². The third kappa shape index (κ3) is 2.96. The summed E-state index contributed by atoms with van der Waals surface area (Å²) < 4.78 is 5.94. The molecule has 3 aromatic heterocycles. The maximum absolute atomic E-state index is 12.6. The van der Waals surface area contributed by atoms with Crippen molar-refractivity contribution < 1.29 is 9.21 Å². The molecular formula is C24H23N5O2. The summed E-state index contributed by atoms with van der Waals surface area (Å²) in [7, 11) is 2.15. The predicted octanol–water partition coefficient (Wildman–Crippen LogP) is 3.59. The smallest absolute Gasteiger partial charge is 0.253 e. The van der Waals surface area contributed by atoms with E-state index in [9.17, 15) is 4.79 Å². The highest BCUT2D eigenvalue weighted by Crippen LogP contribution is 2.40. The Morgan fingerprint density at radius 3 is 2.81 bits per heavy atom. The number of hydrogen-bond donors (Lipinski definition) is 2. The number of piperidine rings is 1. The molecule has 1 amide bonds. The number of likely N-dealkylation sites (tertiary alicyclic amines) is 1. The number of hydrogen-bond acceptors (Lipinski definition) is 5. The number of aromatic nitrogens is 3. The van der Waals surface area contributed by atoms with Gasteiger partial charge in [0, 0.05) is 29.2 Å². The number of nitrogens with one attached hydrogen (secondary N) is 2. The normalized spacial score (nSPS) is 18.3. The van der Waals surface area contributed by atoms with E-state index >= 15 is 0 Å². The van der Waals surface area contributed by atoms with Crippen molar-refractivity contribution in [2.24, 2.45) is 0 Å². The minimum atomic E-state index is -0.0391. The van der Waals surface area contributed by atoms with E-state index in [-0.39, 0.29) is 11.3 Å². The van der Waals surface area contributed by atoms with E-state index in [2.05, 4.69) is 27.2 Å². The fourth-order valence-corrected chi connectivity index (χ4v) is 4.82. The van der Waals surface area contributed by atoms with Crippen molar-refractivity contribution in [3.05, 3.63) is 59.9 Å². The number of benzene rings is 1. The van der Waals surface area contributed by atoms with Crippen LogP contribution < -0.4 is 5.32 Å². The third-order valence-electron chi connectivity index (χ3n) is 6.70. The average molecular weight is 413 g/mol. The van der Waals surface area contributed by atoms with Gasteiger partial charge in [0.1, 0.15) is 5.58 Å². The maximum Gasteiger partial charge on any atom is 0.253 e. The number of aromatic amines is 1. The van der Waals surface area contributed by atoms with E-state index in [1.807, 2.05) is 42.5 Å². The Balaban J connectivity index is 1.41. The lowest BCUT2D eigenvalue weighted by molar-refractivity contribution is 0.0894. The van der Waals surface area contributed by atoms with Crippen molar-refractivity contribution in [2.45, 2.75) is 18.3 Å². The van der Waals surface area contributed by atoms with Crippen molar-refractivity contribution >= 4 is 16.9 Å². The Morgan fingerprint density at radius 1 is 1.13 bits per heavy atom. The number of furan rings is 1. The Bertz CT molecular complexity index is 1260. The molecule has 0 aliphatic carbocycles. The van der Waals surface area contributed by atoms with Crippen LogP contribution in [0.5, 0.6) is 0 Å². The molecule has 1 aromatic carbocycles. The molecule has 1 saturated heterocycles. The molecule has 1 spiro atoms. The van der Waals surface area contributed by atoms with Gasteiger partial charge in [0.2, 0.25) is 0 Å². The quantitative estimate of drug-likeness (QED) is 0.524. The molecule has 0 bridgehead atoms. The van der Waals surface area contributed by atoms with Crippen LogP contribution in [-0.2, 0) is 5.41 Å². The van der Waals surface area contributed by atoms with Crippen molar-refractivity contribution in [3.63, 3.8) is 0 Å². The van der Waals surface area contributed by atoms with Gasteiger partial charge < -0.3 is 19.6 Å². The van der Waals surface area contributed by atoms with Crippen LogP contribution >= 0.6 is 0 Å². The number of para-hydroxylation sites is 1. The molecule has 0 unspecified atom stereocenters. The fourth-order valence-electron chi connectivity index (χ4n) is 4.82. The zero-order chi connectivity index (χ0) is 21.0. The van der Waals surface area contributed by atoms with Gasteiger partial charge in [0.25, 0.3) is 5.91 Å². The highest BCUT2D eigenvalue weighted by Gasteiger charge is 2.43. The summed E-state index contributed by atoms with van der Waals surface area (Å²) in [6.07, 6.45) is 3.77. The molecule has 1 fully saturated rings. The zero-order valence-corrected chi connectivity index (χ0v) is 17.3. The Morgan fingerprint density at radius 2 is 1.97 bits per heavy atom. The summed E-state index contributed by atoms with van der Waals surface area (Å²) in [6, 6.07) is 13.6. The lowest BCUT2D eigenvalue weighted by Crippen LogP contribution is -2.52. The summed E-state index contributed by atoms with van der Waals surface area (Å²) in [5, 5.41) is 4.12. The van der Waals surface area contributed by atoms with E-state index in [0.717, 1.165) is 59.5 Å². The van der Waals surface area contributed by atoms with E-state index in [0.29, 0.717) is 18.1 Å². The van der Waals surface area contributed by atoms with Crippen molar-refractivity contribution in [1.82, 2.24) is 25.2 Å². The Hall–Kier alpha value is -3.45. The first-order chi connectivity index (χ1) is 15.1. The molecule has 7 heteroatoms. The number of carbonyl (C=O) groups is 1. The van der Waals surface area contributed by atoms with Crippen LogP contribution in [0.1, 0.15) is 28.9 Å². The summed E-state index contributed by atoms with van der Waals surface area (Å²) in [5.41, 5.74) is 4.12. The van der Waals surface area contributed by atoms with Crippen LogP contribution in [-0.4, -0.2) is 52.4 Å². The minimum absolute atomic E-state index is 0.0198. The molecule has 6 rings (SSSR count). The van der Waals surface area contributed by atoms with Crippen molar-refractivity contribution in [1.29, 1.82) is 0 Å². The molecule has 156 valence electrons. The summed E-state index contributed by atoms with van der Waals surface area (Å²) in [5.74, 6) is 1.14. The summed E-state index contributed by atoms with van der Waals surface area (Å²) in [6.45, 7) is 2.72. The number of fused-ring (bicyclic) bond motifs is 3. The molecule has 2 N–H and O–H groups in total. The molecule has 5 heterocycles. The number of carbonyl (C=O) groups excluding carboxylic acids is 1. The van der Waals surface area contributed by atoms with Gasteiger partial charge >= 0.3 is 0 Å². The molecular weight excluding hydrogens is 390 g/mol. The summed E-state index contributed by atoms with van der Waals surface area (Å²) >= 11 is 0. The minimum Gasteiger partial charge on any atom is -0.453 e. The zero-order valence-electron chi connectivity index (χ0n) is 17.3. The van der Waals surface area contributed by atoms with Crippen LogP contribution in [0.4, 0.5) is 0 Å². The highest BCUT2D eigenvalue weighted by atomic mass is 16.3. The first kappa shape index (κ1) is 18.3. The Kier molecular flexibility index (Phi) is 4.01. The number of H-pyrrole nitrogens is 1. The summed E-state index contributed by atoms with van der Waals surface area (Å²) in [4.78, 5) is 27.7. The van der Waals surface area contributed by atoms with Gasteiger partial charge in [-0.3, -0.25) is 4.79 Å². The highest BCUT2D eigenvalue weighted by molar-refractivity contribution is 5.98. The second-order valence-corrected chi connectivity index (χ2v) is 8.65.